The quantitative estimate of drug-likeness (QED) is 0.429. The van der Waals surface area contributed by atoms with Crippen molar-refractivity contribution in [2.24, 2.45) is 5.10 Å². The van der Waals surface area contributed by atoms with Crippen molar-refractivity contribution in [1.82, 2.24) is 5.43 Å². The molecular formula is C22H15Cl2N3O4. The molecule has 0 radical (unpaired) electrons. The number of nitrogens with one attached hydrogen (secondary N) is 2. The molecular weight excluding hydrogens is 441 g/mol. The summed E-state index contributed by atoms with van der Waals surface area (Å²) in [7, 11) is 0. The number of nitrogens with zero attached hydrogens (tertiary/aromatic N) is 1. The number of hydrogen-bond donors (Lipinski definition) is 2. The lowest BCUT2D eigenvalue weighted by Crippen LogP contribution is -2.18. The maximum absolute atomic E-state index is 12.4. The molecule has 0 atom stereocenters. The molecule has 1 aliphatic heterocycles. The molecule has 31 heavy (non-hydrogen) atoms. The minimum absolute atomic E-state index is 0.190. The molecule has 2 N–H and O–H groups in total. The Labute approximate surface area is 187 Å². The van der Waals surface area contributed by atoms with Gasteiger partial charge in [0.2, 0.25) is 6.79 Å². The van der Waals surface area contributed by atoms with Crippen molar-refractivity contribution >= 4 is 46.9 Å². The van der Waals surface area contributed by atoms with Crippen LogP contribution in [0.5, 0.6) is 11.5 Å². The molecule has 0 unspecified atom stereocenters. The van der Waals surface area contributed by atoms with Gasteiger partial charge in [-0.05, 0) is 66.2 Å². The van der Waals surface area contributed by atoms with Crippen LogP contribution >= 0.6 is 23.2 Å². The molecule has 3 aromatic carbocycles. The van der Waals surface area contributed by atoms with Gasteiger partial charge in [-0.25, -0.2) is 5.43 Å². The summed E-state index contributed by atoms with van der Waals surface area (Å²) in [6.45, 7) is 0.190. The zero-order valence-electron chi connectivity index (χ0n) is 15.9. The van der Waals surface area contributed by atoms with Gasteiger partial charge in [0.15, 0.2) is 11.5 Å². The van der Waals surface area contributed by atoms with E-state index in [0.717, 1.165) is 5.56 Å². The molecule has 0 aliphatic carbocycles. The Balaban J connectivity index is 1.35. The van der Waals surface area contributed by atoms with Gasteiger partial charge in [0.1, 0.15) is 0 Å². The van der Waals surface area contributed by atoms with Crippen LogP contribution in [-0.2, 0) is 0 Å². The Bertz CT molecular complexity index is 1180. The van der Waals surface area contributed by atoms with E-state index >= 15 is 0 Å². The van der Waals surface area contributed by atoms with Crippen molar-refractivity contribution in [2.75, 3.05) is 12.1 Å². The summed E-state index contributed by atoms with van der Waals surface area (Å²) < 4.78 is 10.5. The Morgan fingerprint density at radius 1 is 0.903 bits per heavy atom. The highest BCUT2D eigenvalue weighted by molar-refractivity contribution is 6.37. The SMILES string of the molecule is O=C(N/N=C\c1ccc2c(c1)OCO2)c1ccc(NC(=O)c2ccc(Cl)cc2Cl)cc1. The number of benzene rings is 3. The third kappa shape index (κ3) is 4.96. The summed E-state index contributed by atoms with van der Waals surface area (Å²) in [6.07, 6.45) is 1.50. The average molecular weight is 456 g/mol. The number of amides is 2. The molecule has 0 aromatic heterocycles. The maximum Gasteiger partial charge on any atom is 0.271 e. The molecule has 2 amide bonds. The van der Waals surface area contributed by atoms with E-state index in [4.69, 9.17) is 32.7 Å². The highest BCUT2D eigenvalue weighted by atomic mass is 35.5. The number of hydrazone groups is 1. The molecule has 3 aromatic rings. The van der Waals surface area contributed by atoms with Crippen LogP contribution in [-0.4, -0.2) is 24.8 Å². The molecule has 7 nitrogen and oxygen atoms in total. The summed E-state index contributed by atoms with van der Waals surface area (Å²) in [5.74, 6) is 0.530. The summed E-state index contributed by atoms with van der Waals surface area (Å²) in [5, 5.41) is 7.37. The Hall–Kier alpha value is -3.55. The fraction of sp³-hybridized carbons (Fsp3) is 0.0455. The lowest BCUT2D eigenvalue weighted by molar-refractivity contribution is 0.0954. The smallest absolute Gasteiger partial charge is 0.271 e. The highest BCUT2D eigenvalue weighted by Crippen LogP contribution is 2.32. The number of hydrogen-bond acceptors (Lipinski definition) is 5. The first-order chi connectivity index (χ1) is 15.0. The molecule has 1 aliphatic rings. The number of rotatable bonds is 5. The molecule has 0 fully saturated rings. The van der Waals surface area contributed by atoms with Gasteiger partial charge >= 0.3 is 0 Å². The lowest BCUT2D eigenvalue weighted by atomic mass is 10.1. The van der Waals surface area contributed by atoms with Gasteiger partial charge in [0.05, 0.1) is 16.8 Å². The first-order valence-corrected chi connectivity index (χ1v) is 9.85. The second-order valence-corrected chi connectivity index (χ2v) is 7.31. The largest absolute Gasteiger partial charge is 0.454 e. The van der Waals surface area contributed by atoms with Crippen LogP contribution in [0.25, 0.3) is 0 Å². The number of ether oxygens (including phenoxy) is 2. The van der Waals surface area contributed by atoms with Gasteiger partial charge in [-0.1, -0.05) is 23.2 Å². The fourth-order valence-electron chi connectivity index (χ4n) is 2.80. The van der Waals surface area contributed by atoms with Crippen LogP contribution in [0.2, 0.25) is 10.0 Å². The van der Waals surface area contributed by atoms with E-state index in [1.807, 2.05) is 0 Å². The van der Waals surface area contributed by atoms with E-state index in [1.165, 1.54) is 12.3 Å². The molecule has 0 bridgehead atoms. The normalized spacial score (nSPS) is 12.1. The molecule has 156 valence electrons. The zero-order valence-corrected chi connectivity index (χ0v) is 17.4. The van der Waals surface area contributed by atoms with Gasteiger partial charge in [-0.15, -0.1) is 0 Å². The lowest BCUT2D eigenvalue weighted by Gasteiger charge is -2.08. The van der Waals surface area contributed by atoms with Crippen LogP contribution in [0.4, 0.5) is 5.69 Å². The second-order valence-electron chi connectivity index (χ2n) is 6.47. The first-order valence-electron chi connectivity index (χ1n) is 9.09. The monoisotopic (exact) mass is 455 g/mol. The number of carbonyl (C=O) groups is 2. The minimum atomic E-state index is -0.393. The van der Waals surface area contributed by atoms with Crippen molar-refractivity contribution in [3.63, 3.8) is 0 Å². The minimum Gasteiger partial charge on any atom is -0.454 e. The Kier molecular flexibility index (Phi) is 6.06. The van der Waals surface area contributed by atoms with Crippen molar-refractivity contribution in [3.8, 4) is 11.5 Å². The predicted molar refractivity (Wildman–Crippen MR) is 118 cm³/mol. The van der Waals surface area contributed by atoms with Crippen LogP contribution in [0.1, 0.15) is 26.3 Å². The molecule has 0 saturated carbocycles. The van der Waals surface area contributed by atoms with Crippen molar-refractivity contribution < 1.29 is 19.1 Å². The summed E-state index contributed by atoms with van der Waals surface area (Å²) >= 11 is 11.9. The van der Waals surface area contributed by atoms with E-state index < -0.39 is 5.91 Å². The van der Waals surface area contributed by atoms with E-state index in [2.05, 4.69) is 15.8 Å². The molecule has 0 spiro atoms. The first kappa shape index (κ1) is 20.7. The van der Waals surface area contributed by atoms with E-state index in [9.17, 15) is 9.59 Å². The molecule has 0 saturated heterocycles. The Morgan fingerprint density at radius 3 is 2.45 bits per heavy atom. The third-order valence-electron chi connectivity index (χ3n) is 4.36. The van der Waals surface area contributed by atoms with E-state index in [0.29, 0.717) is 33.3 Å². The molecule has 9 heteroatoms. The van der Waals surface area contributed by atoms with Crippen LogP contribution in [0.15, 0.2) is 65.8 Å². The van der Waals surface area contributed by atoms with Crippen molar-refractivity contribution in [1.29, 1.82) is 0 Å². The van der Waals surface area contributed by atoms with E-state index in [-0.39, 0.29) is 17.7 Å². The average Bonchev–Trinajstić information content (AvgIpc) is 3.22. The van der Waals surface area contributed by atoms with Gasteiger partial charge in [0, 0.05) is 16.3 Å². The van der Waals surface area contributed by atoms with Gasteiger partial charge in [-0.2, -0.15) is 5.10 Å². The van der Waals surface area contributed by atoms with Crippen molar-refractivity contribution in [2.45, 2.75) is 0 Å². The third-order valence-corrected chi connectivity index (χ3v) is 4.90. The number of halogens is 2. The predicted octanol–water partition coefficient (Wildman–Crippen LogP) is 4.74. The van der Waals surface area contributed by atoms with E-state index in [1.54, 1.807) is 54.6 Å². The number of carbonyl (C=O) groups excluding carboxylic acids is 2. The molecule has 4 rings (SSSR count). The number of fused-ring (bicyclic) bond motifs is 1. The van der Waals surface area contributed by atoms with Gasteiger partial charge in [-0.3, -0.25) is 9.59 Å². The maximum atomic E-state index is 12.4. The topological polar surface area (TPSA) is 89.0 Å². The van der Waals surface area contributed by atoms with Crippen LogP contribution < -0.4 is 20.2 Å². The van der Waals surface area contributed by atoms with Gasteiger partial charge in [0.25, 0.3) is 11.8 Å². The zero-order chi connectivity index (χ0) is 21.8. The fourth-order valence-corrected chi connectivity index (χ4v) is 3.29. The van der Waals surface area contributed by atoms with Crippen LogP contribution in [0.3, 0.4) is 0 Å². The molecule has 1 heterocycles. The number of anilines is 1. The standard InChI is InChI=1S/C22H15Cl2N3O4/c23-15-4-7-17(18(24)10-15)22(29)26-16-5-2-14(3-6-16)21(28)27-25-11-13-1-8-19-20(9-13)31-12-30-19/h1-11H,12H2,(H,26,29)(H,27,28)/b25-11-. The van der Waals surface area contributed by atoms with Crippen molar-refractivity contribution in [3.05, 3.63) is 87.4 Å². The Morgan fingerprint density at radius 2 is 1.68 bits per heavy atom. The summed E-state index contributed by atoms with van der Waals surface area (Å²) in [5.41, 5.74) is 4.40. The summed E-state index contributed by atoms with van der Waals surface area (Å²) in [4.78, 5) is 24.6. The van der Waals surface area contributed by atoms with Crippen LogP contribution in [0, 0.1) is 0 Å². The van der Waals surface area contributed by atoms with Gasteiger partial charge < -0.3 is 14.8 Å². The summed E-state index contributed by atoms with van der Waals surface area (Å²) in [6, 6.07) is 16.3. The second kappa shape index (κ2) is 9.07. The highest BCUT2D eigenvalue weighted by Gasteiger charge is 2.13.